The van der Waals surface area contributed by atoms with Crippen LogP contribution >= 0.6 is 11.9 Å². The normalized spacial score (nSPS) is 16.5. The molecule has 2 N–H and O–H groups in total. The molecule has 0 bridgehead atoms. The van der Waals surface area contributed by atoms with E-state index in [1.807, 2.05) is 6.20 Å². The predicted molar refractivity (Wildman–Crippen MR) is 57.7 cm³/mol. The topological polar surface area (TPSA) is 47.6 Å². The number of hydrazine groups is 2. The van der Waals surface area contributed by atoms with E-state index >= 15 is 0 Å². The van der Waals surface area contributed by atoms with Crippen LogP contribution < -0.4 is 10.9 Å². The molecule has 2 amide bonds. The van der Waals surface area contributed by atoms with Gasteiger partial charge in [-0.3, -0.25) is 5.43 Å². The van der Waals surface area contributed by atoms with Crippen molar-refractivity contribution in [1.82, 2.24) is 20.3 Å². The van der Waals surface area contributed by atoms with Crippen LogP contribution in [0.15, 0.2) is 11.1 Å². The number of carbonyl (C=O) groups is 1. The van der Waals surface area contributed by atoms with Crippen LogP contribution in [0.1, 0.15) is 13.8 Å². The Morgan fingerprint density at radius 1 is 1.64 bits per heavy atom. The Morgan fingerprint density at radius 3 is 2.71 bits per heavy atom. The molecule has 0 aromatic rings. The first kappa shape index (κ1) is 11.2. The maximum Gasteiger partial charge on any atom is 0.333 e. The smallest absolute Gasteiger partial charge is 0.330 e. The van der Waals surface area contributed by atoms with Crippen molar-refractivity contribution in [3.05, 3.63) is 11.1 Å². The van der Waals surface area contributed by atoms with Crippen molar-refractivity contribution >= 4 is 18.0 Å². The molecule has 14 heavy (non-hydrogen) atoms. The molecule has 1 rings (SSSR count). The van der Waals surface area contributed by atoms with Crippen molar-refractivity contribution in [3.8, 4) is 0 Å². The molecular weight excluding hydrogens is 200 g/mol. The van der Waals surface area contributed by atoms with Crippen molar-refractivity contribution in [2.24, 2.45) is 5.92 Å². The fraction of sp³-hybridized carbons (Fsp3) is 0.625. The van der Waals surface area contributed by atoms with Crippen LogP contribution in [0.5, 0.6) is 0 Å². The lowest BCUT2D eigenvalue weighted by atomic mass is 10.2. The van der Waals surface area contributed by atoms with Crippen LogP contribution in [0.2, 0.25) is 0 Å². The Kier molecular flexibility index (Phi) is 3.65. The van der Waals surface area contributed by atoms with Crippen LogP contribution in [-0.2, 0) is 0 Å². The summed E-state index contributed by atoms with van der Waals surface area (Å²) in [5.74, 6) is 0.466. The minimum Gasteiger partial charge on any atom is -0.330 e. The third-order valence-corrected chi connectivity index (χ3v) is 2.87. The first-order chi connectivity index (χ1) is 6.50. The maximum atomic E-state index is 11.3. The molecular formula is C8H16N4OS. The zero-order valence-corrected chi connectivity index (χ0v) is 9.68. The summed E-state index contributed by atoms with van der Waals surface area (Å²) in [6.45, 7) is 4.22. The molecule has 0 fully saturated rings. The number of nitrogens with one attached hydrogen (secondary N) is 2. The van der Waals surface area contributed by atoms with Crippen molar-refractivity contribution in [2.75, 3.05) is 14.1 Å². The van der Waals surface area contributed by atoms with E-state index in [0.717, 1.165) is 0 Å². The average molecular weight is 216 g/mol. The van der Waals surface area contributed by atoms with Gasteiger partial charge in [0.15, 0.2) is 0 Å². The van der Waals surface area contributed by atoms with Gasteiger partial charge in [-0.2, -0.15) is 0 Å². The van der Waals surface area contributed by atoms with Gasteiger partial charge in [0.25, 0.3) is 0 Å². The summed E-state index contributed by atoms with van der Waals surface area (Å²) in [5, 5.41) is 0. The van der Waals surface area contributed by atoms with Gasteiger partial charge in [-0.05, 0) is 17.9 Å². The second kappa shape index (κ2) is 4.56. The highest BCUT2D eigenvalue weighted by Crippen LogP contribution is 2.28. The van der Waals surface area contributed by atoms with Crippen LogP contribution in [0, 0.1) is 5.92 Å². The van der Waals surface area contributed by atoms with Crippen LogP contribution in [0.25, 0.3) is 0 Å². The van der Waals surface area contributed by atoms with Crippen LogP contribution in [-0.4, -0.2) is 29.5 Å². The summed E-state index contributed by atoms with van der Waals surface area (Å²) in [6, 6.07) is -0.150. The quantitative estimate of drug-likeness (QED) is 0.680. The van der Waals surface area contributed by atoms with Crippen molar-refractivity contribution in [1.29, 1.82) is 0 Å². The van der Waals surface area contributed by atoms with Gasteiger partial charge < -0.3 is 4.90 Å². The number of amides is 2. The highest BCUT2D eigenvalue weighted by Gasteiger charge is 2.19. The number of allylic oxidation sites excluding steroid dienone is 1. The highest BCUT2D eigenvalue weighted by molar-refractivity contribution is 8.01. The first-order valence-corrected chi connectivity index (χ1v) is 5.20. The Bertz CT molecular complexity index is 252. The Morgan fingerprint density at radius 2 is 2.29 bits per heavy atom. The standard InChI is InChI=1S/C8H16N4OS/c1-6(2)7-5-9-12(14-7)10-8(13)11(3)4/h5-6,9H,1-4H3,(H,10,13). The number of hydrogen-bond acceptors (Lipinski definition) is 4. The fourth-order valence-corrected chi connectivity index (χ4v) is 1.55. The fourth-order valence-electron chi connectivity index (χ4n) is 0.794. The van der Waals surface area contributed by atoms with Gasteiger partial charge in [-0.15, -0.1) is 0 Å². The van der Waals surface area contributed by atoms with E-state index in [9.17, 15) is 4.79 Å². The predicted octanol–water partition coefficient (Wildman–Crippen LogP) is 1.14. The van der Waals surface area contributed by atoms with Gasteiger partial charge in [0, 0.05) is 25.2 Å². The zero-order valence-electron chi connectivity index (χ0n) is 8.87. The van der Waals surface area contributed by atoms with E-state index in [1.54, 1.807) is 18.6 Å². The van der Waals surface area contributed by atoms with Gasteiger partial charge in [0.1, 0.15) is 0 Å². The molecule has 0 aromatic carbocycles. The molecule has 1 aliphatic heterocycles. The lowest BCUT2D eigenvalue weighted by Gasteiger charge is -2.19. The van der Waals surface area contributed by atoms with Gasteiger partial charge in [0.05, 0.1) is 0 Å². The van der Waals surface area contributed by atoms with E-state index < -0.39 is 0 Å². The monoisotopic (exact) mass is 216 g/mol. The number of hydrogen-bond donors (Lipinski definition) is 2. The maximum absolute atomic E-state index is 11.3. The van der Waals surface area contributed by atoms with E-state index in [1.165, 1.54) is 21.8 Å². The van der Waals surface area contributed by atoms with E-state index in [0.29, 0.717) is 5.92 Å². The second-order valence-electron chi connectivity index (χ2n) is 3.53. The lowest BCUT2D eigenvalue weighted by molar-refractivity contribution is 0.193. The average Bonchev–Trinajstić information content (AvgIpc) is 2.52. The molecule has 80 valence electrons. The second-order valence-corrected chi connectivity index (χ2v) is 4.55. The summed E-state index contributed by atoms with van der Waals surface area (Å²) < 4.78 is 1.59. The molecule has 0 aromatic heterocycles. The van der Waals surface area contributed by atoms with E-state index in [4.69, 9.17) is 0 Å². The molecule has 1 aliphatic rings. The molecule has 0 saturated heterocycles. The van der Waals surface area contributed by atoms with E-state index in [2.05, 4.69) is 24.7 Å². The lowest BCUT2D eigenvalue weighted by Crippen LogP contribution is -2.46. The molecule has 5 nitrogen and oxygen atoms in total. The van der Waals surface area contributed by atoms with Gasteiger partial charge in [0.2, 0.25) is 0 Å². The van der Waals surface area contributed by atoms with E-state index in [-0.39, 0.29) is 6.03 Å². The molecule has 0 unspecified atom stereocenters. The van der Waals surface area contributed by atoms with Crippen molar-refractivity contribution < 1.29 is 4.79 Å². The summed E-state index contributed by atoms with van der Waals surface area (Å²) in [4.78, 5) is 14.0. The zero-order chi connectivity index (χ0) is 10.7. The Labute approximate surface area is 88.6 Å². The largest absolute Gasteiger partial charge is 0.333 e. The molecule has 0 atom stereocenters. The van der Waals surface area contributed by atoms with Gasteiger partial charge >= 0.3 is 6.03 Å². The Hall–Kier alpha value is -0.880. The SMILES string of the molecule is CC(C)C1=CNN(NC(=O)N(C)C)S1. The summed E-state index contributed by atoms with van der Waals surface area (Å²) >= 11 is 1.49. The van der Waals surface area contributed by atoms with Crippen LogP contribution in [0.3, 0.4) is 0 Å². The number of carbonyl (C=O) groups excluding carboxylic acids is 1. The summed E-state index contributed by atoms with van der Waals surface area (Å²) in [7, 11) is 3.40. The minimum absolute atomic E-state index is 0.150. The molecule has 0 aliphatic carbocycles. The summed E-state index contributed by atoms with van der Waals surface area (Å²) in [5.41, 5.74) is 5.63. The molecule has 0 radical (unpaired) electrons. The van der Waals surface area contributed by atoms with Crippen molar-refractivity contribution in [2.45, 2.75) is 13.8 Å². The molecule has 0 spiro atoms. The number of rotatable bonds is 2. The van der Waals surface area contributed by atoms with Gasteiger partial charge in [-0.1, -0.05) is 18.4 Å². The molecule has 6 heteroatoms. The first-order valence-electron chi connectivity index (χ1n) is 4.43. The van der Waals surface area contributed by atoms with Gasteiger partial charge in [-0.25, -0.2) is 10.2 Å². The highest BCUT2D eigenvalue weighted by atomic mass is 32.2. The number of urea groups is 1. The number of nitrogens with zero attached hydrogens (tertiary/aromatic N) is 2. The third kappa shape index (κ3) is 2.81. The summed E-state index contributed by atoms with van der Waals surface area (Å²) in [6.07, 6.45) is 1.89. The Balaban J connectivity index is 2.36. The molecule has 1 heterocycles. The molecule has 0 saturated carbocycles. The third-order valence-electron chi connectivity index (χ3n) is 1.69. The van der Waals surface area contributed by atoms with Crippen LogP contribution in [0.4, 0.5) is 4.79 Å². The minimum atomic E-state index is -0.150. The van der Waals surface area contributed by atoms with Crippen molar-refractivity contribution in [3.63, 3.8) is 0 Å².